The second-order valence-electron chi connectivity index (χ2n) is 12.0. The Bertz CT molecular complexity index is 1350. The molecule has 0 N–H and O–H groups in total. The highest BCUT2D eigenvalue weighted by Gasteiger charge is 2.33. The molecule has 3 aromatic rings. The van der Waals surface area contributed by atoms with Crippen molar-refractivity contribution in [1.82, 2.24) is 0 Å². The Kier molecular flexibility index (Phi) is 11.2. The van der Waals surface area contributed by atoms with Crippen LogP contribution < -0.4 is 0 Å². The maximum atomic E-state index is 13.7. The van der Waals surface area contributed by atoms with Gasteiger partial charge >= 0.3 is 6.18 Å². The average Bonchev–Trinajstić information content (AvgIpc) is 2.97. The first-order chi connectivity index (χ1) is 20.1. The lowest BCUT2D eigenvalue weighted by Gasteiger charge is -2.22. The first kappa shape index (κ1) is 31.7. The van der Waals surface area contributed by atoms with Gasteiger partial charge in [0.05, 0.1) is 5.56 Å². The number of rotatable bonds is 13. The first-order valence-corrected chi connectivity index (χ1v) is 15.5. The van der Waals surface area contributed by atoms with Crippen LogP contribution in [0.3, 0.4) is 0 Å². The highest BCUT2D eigenvalue weighted by atomic mass is 19.4. The molecule has 4 rings (SSSR count). The highest BCUT2D eigenvalue weighted by Crippen LogP contribution is 2.35. The Morgan fingerprint density at radius 2 is 1.55 bits per heavy atom. The lowest BCUT2D eigenvalue weighted by molar-refractivity contribution is -0.138. The van der Waals surface area contributed by atoms with Gasteiger partial charge in [-0.05, 0) is 84.0 Å². The maximum Gasteiger partial charge on any atom is 0.416 e. The van der Waals surface area contributed by atoms with Crippen molar-refractivity contribution in [3.8, 4) is 0 Å². The van der Waals surface area contributed by atoms with Gasteiger partial charge < -0.3 is 0 Å². The largest absolute Gasteiger partial charge is 0.416 e. The summed E-state index contributed by atoms with van der Waals surface area (Å²) in [6.45, 7) is 3.38. The summed E-state index contributed by atoms with van der Waals surface area (Å²) in [6.07, 6.45) is 6.77. The van der Waals surface area contributed by atoms with Crippen molar-refractivity contribution in [2.24, 2.45) is 5.92 Å². The van der Waals surface area contributed by atoms with Crippen LogP contribution in [0, 0.1) is 12.8 Å². The smallest absolute Gasteiger partial charge is 0.299 e. The monoisotopic (exact) mass is 576 g/mol. The molecule has 3 aromatic carbocycles. The van der Waals surface area contributed by atoms with E-state index in [9.17, 15) is 22.8 Å². The van der Waals surface area contributed by atoms with E-state index in [0.717, 1.165) is 53.0 Å². The van der Waals surface area contributed by atoms with Gasteiger partial charge in [-0.25, -0.2) is 0 Å². The predicted octanol–water partition coefficient (Wildman–Crippen LogP) is 9.84. The standard InChI is InChI=1S/C37H43F3O2/c1-3-36(42)32-14-8-12-30(23-32)22-29-17-15-28(16-18-29)19-20-34(41)24-33-25-35(37(38,39)40)26(2)21-31(33)13-7-11-27-9-5-4-6-10-27/h8,12,14-18,21,23,25,27H,3-7,9-11,13,19-20,22,24H2,1-2H3. The Hall–Kier alpha value is -3.21. The first-order valence-electron chi connectivity index (χ1n) is 15.5. The molecular formula is C37H43F3O2. The van der Waals surface area contributed by atoms with Gasteiger partial charge in [0.25, 0.3) is 0 Å². The second-order valence-corrected chi connectivity index (χ2v) is 12.0. The summed E-state index contributed by atoms with van der Waals surface area (Å²) in [5.41, 5.74) is 4.95. The van der Waals surface area contributed by atoms with Gasteiger partial charge in [0, 0.05) is 24.8 Å². The third-order valence-corrected chi connectivity index (χ3v) is 8.72. The quantitative estimate of drug-likeness (QED) is 0.190. The van der Waals surface area contributed by atoms with Crippen molar-refractivity contribution in [3.63, 3.8) is 0 Å². The van der Waals surface area contributed by atoms with Crippen molar-refractivity contribution < 1.29 is 22.8 Å². The molecule has 1 saturated carbocycles. The lowest BCUT2D eigenvalue weighted by atomic mass is 9.84. The van der Waals surface area contributed by atoms with Crippen molar-refractivity contribution in [2.75, 3.05) is 0 Å². The van der Waals surface area contributed by atoms with E-state index in [-0.39, 0.29) is 30.0 Å². The zero-order chi connectivity index (χ0) is 30.1. The van der Waals surface area contributed by atoms with Crippen LogP contribution in [0.1, 0.15) is 114 Å². The van der Waals surface area contributed by atoms with E-state index in [2.05, 4.69) is 0 Å². The number of Topliss-reactive ketones (excluding diaryl/α,β-unsaturated/α-hetero) is 2. The number of aryl methyl sites for hydroxylation is 3. The molecule has 0 radical (unpaired) electrons. The minimum absolute atomic E-state index is 0.0347. The third-order valence-electron chi connectivity index (χ3n) is 8.72. The molecular weight excluding hydrogens is 533 g/mol. The molecule has 0 heterocycles. The van der Waals surface area contributed by atoms with E-state index in [0.29, 0.717) is 24.8 Å². The molecule has 1 aliphatic rings. The van der Waals surface area contributed by atoms with Gasteiger partial charge in [-0.3, -0.25) is 9.59 Å². The van der Waals surface area contributed by atoms with E-state index in [1.165, 1.54) is 45.1 Å². The van der Waals surface area contributed by atoms with Crippen molar-refractivity contribution >= 4 is 11.6 Å². The fourth-order valence-corrected chi connectivity index (χ4v) is 6.28. The van der Waals surface area contributed by atoms with Crippen molar-refractivity contribution in [1.29, 1.82) is 0 Å². The predicted molar refractivity (Wildman–Crippen MR) is 163 cm³/mol. The van der Waals surface area contributed by atoms with Crippen LogP contribution in [0.2, 0.25) is 0 Å². The van der Waals surface area contributed by atoms with Crippen LogP contribution in [0.25, 0.3) is 0 Å². The molecule has 0 spiro atoms. The van der Waals surface area contributed by atoms with Gasteiger partial charge in [-0.15, -0.1) is 0 Å². The number of carbonyl (C=O) groups excluding carboxylic acids is 2. The minimum atomic E-state index is -4.43. The number of hydrogen-bond acceptors (Lipinski definition) is 2. The zero-order valence-electron chi connectivity index (χ0n) is 25.0. The number of benzene rings is 3. The summed E-state index contributed by atoms with van der Waals surface area (Å²) in [5.74, 6) is 0.812. The molecule has 0 amide bonds. The summed E-state index contributed by atoms with van der Waals surface area (Å²) < 4.78 is 41.1. The molecule has 2 nitrogen and oxygen atoms in total. The number of halogens is 3. The van der Waals surface area contributed by atoms with Crippen LogP contribution in [0.5, 0.6) is 0 Å². The van der Waals surface area contributed by atoms with Gasteiger partial charge in [0.15, 0.2) is 5.78 Å². The van der Waals surface area contributed by atoms with E-state index >= 15 is 0 Å². The van der Waals surface area contributed by atoms with E-state index in [1.54, 1.807) is 6.07 Å². The SMILES string of the molecule is CCC(=O)c1cccc(Cc2ccc(CCC(=O)Cc3cc(C(F)(F)F)c(C)cc3CCCC3CCCCC3)cc2)c1. The van der Waals surface area contributed by atoms with E-state index in [4.69, 9.17) is 0 Å². The summed E-state index contributed by atoms with van der Waals surface area (Å²) in [4.78, 5) is 25.0. The van der Waals surface area contributed by atoms with Gasteiger partial charge in [0.1, 0.15) is 5.78 Å². The van der Waals surface area contributed by atoms with Crippen molar-refractivity contribution in [3.05, 3.63) is 105 Å². The Morgan fingerprint density at radius 3 is 2.24 bits per heavy atom. The van der Waals surface area contributed by atoms with Crippen LogP contribution in [-0.4, -0.2) is 11.6 Å². The van der Waals surface area contributed by atoms with E-state index in [1.807, 2.05) is 55.5 Å². The molecule has 0 unspecified atom stereocenters. The molecule has 0 bridgehead atoms. The van der Waals surface area contributed by atoms with Gasteiger partial charge in [0.2, 0.25) is 0 Å². The molecule has 0 aromatic heterocycles. The maximum absolute atomic E-state index is 13.7. The van der Waals surface area contributed by atoms with Gasteiger partial charge in [-0.1, -0.05) is 94.0 Å². The van der Waals surface area contributed by atoms with Crippen LogP contribution in [-0.2, 0) is 36.7 Å². The molecule has 0 saturated heterocycles. The van der Waals surface area contributed by atoms with Crippen molar-refractivity contribution in [2.45, 2.75) is 103 Å². The number of alkyl halides is 3. The summed E-state index contributed by atoms with van der Waals surface area (Å²) in [7, 11) is 0. The van der Waals surface area contributed by atoms with Crippen LogP contribution >= 0.6 is 0 Å². The molecule has 0 aliphatic heterocycles. The Morgan fingerprint density at radius 1 is 0.833 bits per heavy atom. The van der Waals surface area contributed by atoms with Crippen LogP contribution in [0.15, 0.2) is 60.7 Å². The topological polar surface area (TPSA) is 34.1 Å². The lowest BCUT2D eigenvalue weighted by Crippen LogP contribution is -2.13. The zero-order valence-corrected chi connectivity index (χ0v) is 25.0. The Labute approximate surface area is 248 Å². The molecule has 224 valence electrons. The number of ketones is 2. The summed E-state index contributed by atoms with van der Waals surface area (Å²) in [5, 5.41) is 0. The molecule has 1 fully saturated rings. The minimum Gasteiger partial charge on any atom is -0.299 e. The van der Waals surface area contributed by atoms with E-state index < -0.39 is 11.7 Å². The summed E-state index contributed by atoms with van der Waals surface area (Å²) >= 11 is 0. The van der Waals surface area contributed by atoms with Crippen LogP contribution in [0.4, 0.5) is 13.2 Å². The second kappa shape index (κ2) is 14.8. The normalized spacial score (nSPS) is 14.2. The fourth-order valence-electron chi connectivity index (χ4n) is 6.28. The molecule has 5 heteroatoms. The molecule has 42 heavy (non-hydrogen) atoms. The third kappa shape index (κ3) is 9.14. The number of hydrogen-bond donors (Lipinski definition) is 0. The molecule has 1 aliphatic carbocycles. The summed E-state index contributed by atoms with van der Waals surface area (Å²) in [6, 6.07) is 18.7. The Balaban J connectivity index is 1.36. The fraction of sp³-hybridized carbons (Fsp3) is 0.459. The molecule has 0 atom stereocenters. The average molecular weight is 577 g/mol. The highest BCUT2D eigenvalue weighted by molar-refractivity contribution is 5.96. The van der Waals surface area contributed by atoms with Gasteiger partial charge in [-0.2, -0.15) is 13.2 Å². The number of carbonyl (C=O) groups is 2.